The van der Waals surface area contributed by atoms with Crippen molar-refractivity contribution in [2.24, 2.45) is 0 Å². The van der Waals surface area contributed by atoms with Crippen LogP contribution < -0.4 is 10.5 Å². The van der Waals surface area contributed by atoms with Gasteiger partial charge in [-0.15, -0.1) is 0 Å². The van der Waals surface area contributed by atoms with Crippen molar-refractivity contribution in [2.75, 3.05) is 11.4 Å². The average Bonchev–Trinajstić information content (AvgIpc) is 2.75. The third-order valence-corrected chi connectivity index (χ3v) is 6.46. The molecular formula is C20H16ClF4N5O2S. The molecule has 1 aromatic carbocycles. The molecule has 33 heavy (non-hydrogen) atoms. The quantitative estimate of drug-likeness (QED) is 0.410. The number of rotatable bonds is 4. The van der Waals surface area contributed by atoms with E-state index in [0.29, 0.717) is 36.0 Å². The van der Waals surface area contributed by atoms with E-state index in [2.05, 4.69) is 20.2 Å². The molecule has 0 saturated carbocycles. The number of alkyl halides is 3. The zero-order valence-corrected chi connectivity index (χ0v) is 18.5. The normalized spacial score (nSPS) is 14.8. The number of benzene rings is 1. The summed E-state index contributed by atoms with van der Waals surface area (Å²) in [6.07, 6.45) is -4.10. The Labute approximate surface area is 193 Å². The number of aliphatic hydroxyl groups is 1. The van der Waals surface area contributed by atoms with Crippen molar-refractivity contribution in [3.63, 3.8) is 0 Å². The predicted molar refractivity (Wildman–Crippen MR) is 113 cm³/mol. The molecule has 0 radical (unpaired) electrons. The number of halogens is 5. The van der Waals surface area contributed by atoms with Crippen LogP contribution in [0.1, 0.15) is 35.7 Å². The van der Waals surface area contributed by atoms with Gasteiger partial charge < -0.3 is 10.0 Å². The van der Waals surface area contributed by atoms with Gasteiger partial charge in [0.15, 0.2) is 5.82 Å². The van der Waals surface area contributed by atoms with Gasteiger partial charge in [0.1, 0.15) is 22.0 Å². The van der Waals surface area contributed by atoms with Gasteiger partial charge in [-0.05, 0) is 31.5 Å². The van der Waals surface area contributed by atoms with Crippen molar-refractivity contribution in [3.8, 4) is 0 Å². The van der Waals surface area contributed by atoms with Gasteiger partial charge in [-0.2, -0.15) is 18.3 Å². The molecule has 13 heteroatoms. The summed E-state index contributed by atoms with van der Waals surface area (Å²) < 4.78 is 54.0. The highest BCUT2D eigenvalue weighted by molar-refractivity contribution is 7.99. The summed E-state index contributed by atoms with van der Waals surface area (Å²) in [4.78, 5) is 22.0. The Balaban J connectivity index is 1.76. The lowest BCUT2D eigenvalue weighted by Crippen LogP contribution is -2.33. The molecular weight excluding hydrogens is 486 g/mol. The fraction of sp³-hybridized carbons (Fsp3) is 0.300. The van der Waals surface area contributed by atoms with Crippen LogP contribution in [0, 0.1) is 5.82 Å². The number of aromatic amines is 1. The van der Waals surface area contributed by atoms with Gasteiger partial charge in [-0.3, -0.25) is 4.79 Å². The lowest BCUT2D eigenvalue weighted by molar-refractivity contribution is -0.139. The van der Waals surface area contributed by atoms with Crippen molar-refractivity contribution in [1.29, 1.82) is 0 Å². The number of hydrogen-bond donors (Lipinski definition) is 2. The summed E-state index contributed by atoms with van der Waals surface area (Å²) in [6.45, 7) is 1.98. The van der Waals surface area contributed by atoms with Crippen LogP contribution in [-0.4, -0.2) is 31.8 Å². The minimum atomic E-state index is -4.76. The number of nitrogens with one attached hydrogen (secondary N) is 1. The van der Waals surface area contributed by atoms with Crippen LogP contribution in [0.2, 0.25) is 5.02 Å². The smallest absolute Gasteiger partial charge is 0.385 e. The summed E-state index contributed by atoms with van der Waals surface area (Å²) in [5, 5.41) is 16.2. The van der Waals surface area contributed by atoms with Crippen molar-refractivity contribution in [1.82, 2.24) is 20.2 Å². The second kappa shape index (κ2) is 8.92. The molecule has 1 aliphatic rings. The molecule has 0 aliphatic carbocycles. The Morgan fingerprint density at radius 1 is 1.30 bits per heavy atom. The van der Waals surface area contributed by atoms with Crippen molar-refractivity contribution < 1.29 is 22.7 Å². The first-order valence-electron chi connectivity index (χ1n) is 9.65. The Kier molecular flexibility index (Phi) is 6.34. The Morgan fingerprint density at radius 2 is 2.06 bits per heavy atom. The minimum Gasteiger partial charge on any atom is -0.385 e. The zero-order chi connectivity index (χ0) is 23.9. The van der Waals surface area contributed by atoms with Gasteiger partial charge in [-0.25, -0.2) is 19.5 Å². The molecule has 2 aromatic heterocycles. The van der Waals surface area contributed by atoms with Crippen LogP contribution in [0.5, 0.6) is 0 Å². The Morgan fingerprint density at radius 3 is 2.76 bits per heavy atom. The average molecular weight is 502 g/mol. The van der Waals surface area contributed by atoms with E-state index in [9.17, 15) is 27.5 Å². The van der Waals surface area contributed by atoms with Gasteiger partial charge in [0.05, 0.1) is 29.7 Å². The highest BCUT2D eigenvalue weighted by atomic mass is 35.5. The van der Waals surface area contributed by atoms with Crippen LogP contribution in [0.3, 0.4) is 0 Å². The van der Waals surface area contributed by atoms with E-state index in [4.69, 9.17) is 11.6 Å². The first-order chi connectivity index (χ1) is 15.5. The molecule has 0 saturated heterocycles. The number of aliphatic hydroxyl groups excluding tert-OH is 1. The molecule has 174 valence electrons. The molecule has 2 N–H and O–H groups in total. The van der Waals surface area contributed by atoms with E-state index in [1.807, 2.05) is 0 Å². The molecule has 3 aromatic rings. The lowest BCUT2D eigenvalue weighted by atomic mass is 10.1. The van der Waals surface area contributed by atoms with E-state index in [1.54, 1.807) is 4.90 Å². The highest BCUT2D eigenvalue weighted by Gasteiger charge is 2.35. The summed E-state index contributed by atoms with van der Waals surface area (Å²) in [6, 6.07) is 2.44. The number of H-pyrrole nitrogens is 1. The number of anilines is 1. The molecule has 3 heterocycles. The summed E-state index contributed by atoms with van der Waals surface area (Å²) in [7, 11) is 0. The van der Waals surface area contributed by atoms with Crippen molar-refractivity contribution >= 4 is 29.1 Å². The minimum absolute atomic E-state index is 0.0314. The maximum absolute atomic E-state index is 13.5. The maximum atomic E-state index is 13.5. The largest absolute Gasteiger partial charge is 0.417 e. The van der Waals surface area contributed by atoms with E-state index >= 15 is 0 Å². The molecule has 0 spiro atoms. The molecule has 1 atom stereocenters. The summed E-state index contributed by atoms with van der Waals surface area (Å²) >= 11 is 6.85. The standard InChI is InChI=1S/C20H16ClF4N5O2S/c1-9(31)17-27-13-8-30(14-7-26-29-18(32)16(14)21)5-4-11(13)19(28-17)33-15-3-2-10(22)6-12(15)20(23,24)25/h2-3,6-7,9,31H,4-5,8H2,1H3,(H,29,32)/t9-/m0/s1. The first kappa shape index (κ1) is 23.5. The van der Waals surface area contributed by atoms with Gasteiger partial charge in [-0.1, -0.05) is 23.4 Å². The summed E-state index contributed by atoms with van der Waals surface area (Å²) in [5.41, 5.74) is -0.208. The van der Waals surface area contributed by atoms with Gasteiger partial charge >= 0.3 is 6.18 Å². The van der Waals surface area contributed by atoms with E-state index in [-0.39, 0.29) is 27.3 Å². The zero-order valence-electron chi connectivity index (χ0n) is 17.0. The second-order valence-electron chi connectivity index (χ2n) is 7.30. The molecule has 0 amide bonds. The number of fused-ring (bicyclic) bond motifs is 1. The van der Waals surface area contributed by atoms with Crippen LogP contribution in [0.25, 0.3) is 0 Å². The van der Waals surface area contributed by atoms with Gasteiger partial charge in [0.25, 0.3) is 5.56 Å². The molecule has 4 rings (SSSR count). The van der Waals surface area contributed by atoms with Gasteiger partial charge in [0, 0.05) is 17.0 Å². The van der Waals surface area contributed by atoms with Crippen molar-refractivity contribution in [2.45, 2.75) is 42.1 Å². The first-order valence-corrected chi connectivity index (χ1v) is 10.8. The fourth-order valence-electron chi connectivity index (χ4n) is 3.40. The molecule has 0 unspecified atom stereocenters. The summed E-state index contributed by atoms with van der Waals surface area (Å²) in [5.74, 6) is -0.969. The van der Waals surface area contributed by atoms with Crippen LogP contribution in [0.4, 0.5) is 23.2 Å². The topological polar surface area (TPSA) is 95.0 Å². The molecule has 7 nitrogen and oxygen atoms in total. The van der Waals surface area contributed by atoms with E-state index < -0.39 is 29.2 Å². The third-order valence-electron chi connectivity index (χ3n) is 4.99. The maximum Gasteiger partial charge on any atom is 0.417 e. The number of aromatic nitrogens is 4. The van der Waals surface area contributed by atoms with Crippen molar-refractivity contribution in [3.05, 3.63) is 68.2 Å². The Bertz CT molecular complexity index is 1270. The Hall–Kier alpha value is -2.70. The molecule has 1 aliphatic heterocycles. The number of hydrogen-bond acceptors (Lipinski definition) is 7. The molecule has 0 fully saturated rings. The molecule has 0 bridgehead atoms. The van der Waals surface area contributed by atoms with E-state index in [0.717, 1.165) is 23.9 Å². The second-order valence-corrected chi connectivity index (χ2v) is 8.71. The van der Waals surface area contributed by atoms with Crippen LogP contribution in [-0.2, 0) is 19.1 Å². The highest BCUT2D eigenvalue weighted by Crippen LogP contribution is 2.41. The SMILES string of the molecule is C[C@H](O)c1nc2c(c(Sc3ccc(F)cc3C(F)(F)F)n1)CCN(c1cn[nH]c(=O)c1Cl)C2. The predicted octanol–water partition coefficient (Wildman–Crippen LogP) is 4.14. The number of nitrogens with zero attached hydrogens (tertiary/aromatic N) is 4. The van der Waals surface area contributed by atoms with E-state index in [1.165, 1.54) is 13.1 Å². The van der Waals surface area contributed by atoms with Crippen LogP contribution in [0.15, 0.2) is 39.1 Å². The van der Waals surface area contributed by atoms with Crippen LogP contribution >= 0.6 is 23.4 Å². The fourth-order valence-corrected chi connectivity index (χ4v) is 4.72. The van der Waals surface area contributed by atoms with Gasteiger partial charge in [0.2, 0.25) is 0 Å². The monoisotopic (exact) mass is 501 g/mol. The lowest BCUT2D eigenvalue weighted by Gasteiger charge is -2.31. The third kappa shape index (κ3) is 4.82.